The summed E-state index contributed by atoms with van der Waals surface area (Å²) in [6, 6.07) is 16.3. The molecule has 1 saturated heterocycles. The lowest BCUT2D eigenvalue weighted by atomic mass is 9.93. The quantitative estimate of drug-likeness (QED) is 0.567. The van der Waals surface area contributed by atoms with Gasteiger partial charge in [-0.3, -0.25) is 9.59 Å². The lowest BCUT2D eigenvalue weighted by Crippen LogP contribution is -3.00. The Balaban J connectivity index is 0.00000341. The molecule has 168 valence electrons. The number of carbonyl (C=O) groups is 2. The molecule has 0 spiro atoms. The molecule has 2 atom stereocenters. The standard InChI is InChI=1S/C25H33N3O2.BrH/c1-4-26-25(30)22-14-9-15-28(17-22,16-21-12-6-5-7-13-21)18-23(29)27-24-19(2)10-8-11-20(24)3;/h5-8,10-13,22H,4,9,14-18H2,1-3H3,(H-,26,27,29,30);1H. The molecule has 2 amide bonds. The molecular formula is C25H34BrN3O2. The van der Waals surface area contributed by atoms with Gasteiger partial charge in [0.25, 0.3) is 5.91 Å². The molecule has 2 aromatic carbocycles. The fourth-order valence-corrected chi connectivity index (χ4v) is 4.66. The van der Waals surface area contributed by atoms with E-state index in [1.54, 1.807) is 0 Å². The number of nitrogens with one attached hydrogen (secondary N) is 2. The highest BCUT2D eigenvalue weighted by atomic mass is 79.9. The number of likely N-dealkylation sites (tertiary alicyclic amines) is 1. The Kier molecular flexibility index (Phi) is 9.26. The SMILES string of the molecule is CCNC(=O)C1CCC[N+](CC(=O)Nc2c(C)cccc2C)(Cc2ccccc2)C1.[Br-]. The number of benzene rings is 2. The molecule has 31 heavy (non-hydrogen) atoms. The van der Waals surface area contributed by atoms with Gasteiger partial charge < -0.3 is 32.1 Å². The third kappa shape index (κ3) is 6.65. The molecule has 2 aromatic rings. The molecule has 0 radical (unpaired) electrons. The Hall–Kier alpha value is -2.18. The van der Waals surface area contributed by atoms with E-state index in [1.165, 1.54) is 5.56 Å². The van der Waals surface area contributed by atoms with E-state index in [-0.39, 0.29) is 34.7 Å². The molecule has 5 nitrogen and oxygen atoms in total. The lowest BCUT2D eigenvalue weighted by Gasteiger charge is -2.43. The Bertz CT molecular complexity index is 867. The van der Waals surface area contributed by atoms with Crippen LogP contribution in [0.1, 0.15) is 36.5 Å². The zero-order valence-corrected chi connectivity index (χ0v) is 20.4. The molecule has 1 aliphatic heterocycles. The predicted octanol–water partition coefficient (Wildman–Crippen LogP) is 0.809. The van der Waals surface area contributed by atoms with Gasteiger partial charge in [0.1, 0.15) is 6.54 Å². The summed E-state index contributed by atoms with van der Waals surface area (Å²) in [6.45, 7) is 9.36. The van der Waals surface area contributed by atoms with E-state index in [9.17, 15) is 9.59 Å². The number of hydrogen-bond acceptors (Lipinski definition) is 2. The smallest absolute Gasteiger partial charge is 0.279 e. The van der Waals surface area contributed by atoms with Crippen LogP contribution in [-0.4, -0.2) is 42.5 Å². The first-order valence-electron chi connectivity index (χ1n) is 11.0. The minimum Gasteiger partial charge on any atom is -1.00 e. The van der Waals surface area contributed by atoms with Gasteiger partial charge in [0.15, 0.2) is 6.54 Å². The highest BCUT2D eigenvalue weighted by Gasteiger charge is 2.39. The van der Waals surface area contributed by atoms with E-state index < -0.39 is 0 Å². The summed E-state index contributed by atoms with van der Waals surface area (Å²) in [5.74, 6) is 0.0817. The van der Waals surface area contributed by atoms with Crippen molar-refractivity contribution in [2.45, 2.75) is 40.2 Å². The van der Waals surface area contributed by atoms with Crippen molar-refractivity contribution >= 4 is 17.5 Å². The largest absolute Gasteiger partial charge is 1.00 e. The second-order valence-electron chi connectivity index (χ2n) is 8.60. The Morgan fingerprint density at radius 1 is 1.03 bits per heavy atom. The predicted molar refractivity (Wildman–Crippen MR) is 121 cm³/mol. The first-order chi connectivity index (χ1) is 14.4. The van der Waals surface area contributed by atoms with E-state index in [0.29, 0.717) is 24.1 Å². The summed E-state index contributed by atoms with van der Waals surface area (Å²) in [7, 11) is 0. The molecule has 0 aliphatic carbocycles. The van der Waals surface area contributed by atoms with Crippen LogP contribution >= 0.6 is 0 Å². The van der Waals surface area contributed by atoms with E-state index in [0.717, 1.165) is 42.7 Å². The van der Waals surface area contributed by atoms with Gasteiger partial charge in [-0.05, 0) is 44.7 Å². The number of para-hydroxylation sites is 1. The molecule has 1 heterocycles. The number of piperidine rings is 1. The maximum Gasteiger partial charge on any atom is 0.279 e. The number of amides is 2. The maximum atomic E-state index is 13.2. The van der Waals surface area contributed by atoms with Crippen LogP contribution in [0.3, 0.4) is 0 Å². The van der Waals surface area contributed by atoms with Crippen LogP contribution in [0.2, 0.25) is 0 Å². The van der Waals surface area contributed by atoms with Crippen LogP contribution in [0.15, 0.2) is 48.5 Å². The van der Waals surface area contributed by atoms with Gasteiger partial charge in [-0.1, -0.05) is 48.5 Å². The maximum absolute atomic E-state index is 13.2. The molecule has 1 aliphatic rings. The topological polar surface area (TPSA) is 58.2 Å². The van der Waals surface area contributed by atoms with Crippen molar-refractivity contribution in [2.75, 3.05) is 31.5 Å². The molecule has 3 rings (SSSR count). The third-order valence-corrected chi connectivity index (χ3v) is 6.10. The first-order valence-corrected chi connectivity index (χ1v) is 11.0. The van der Waals surface area contributed by atoms with Crippen molar-refractivity contribution < 1.29 is 31.1 Å². The van der Waals surface area contributed by atoms with Crippen LogP contribution in [-0.2, 0) is 16.1 Å². The summed E-state index contributed by atoms with van der Waals surface area (Å²) < 4.78 is 0.614. The average molecular weight is 488 g/mol. The Labute approximate surface area is 196 Å². The van der Waals surface area contributed by atoms with Crippen molar-refractivity contribution in [1.82, 2.24) is 5.32 Å². The fourth-order valence-electron chi connectivity index (χ4n) is 4.66. The van der Waals surface area contributed by atoms with Gasteiger partial charge in [-0.2, -0.15) is 0 Å². The highest BCUT2D eigenvalue weighted by molar-refractivity contribution is 5.93. The Morgan fingerprint density at radius 3 is 2.35 bits per heavy atom. The van der Waals surface area contributed by atoms with E-state index in [4.69, 9.17) is 0 Å². The Morgan fingerprint density at radius 2 is 1.71 bits per heavy atom. The summed E-state index contributed by atoms with van der Waals surface area (Å²) >= 11 is 0. The molecule has 0 bridgehead atoms. The number of quaternary nitrogens is 1. The fraction of sp³-hybridized carbons (Fsp3) is 0.440. The van der Waals surface area contributed by atoms with Crippen LogP contribution in [0, 0.1) is 19.8 Å². The summed E-state index contributed by atoms with van der Waals surface area (Å²) in [4.78, 5) is 25.7. The zero-order valence-electron chi connectivity index (χ0n) is 18.8. The van der Waals surface area contributed by atoms with Crippen LogP contribution in [0.25, 0.3) is 0 Å². The molecular weight excluding hydrogens is 454 g/mol. The van der Waals surface area contributed by atoms with Crippen LogP contribution in [0.4, 0.5) is 5.69 Å². The van der Waals surface area contributed by atoms with E-state index in [2.05, 4.69) is 22.8 Å². The lowest BCUT2D eigenvalue weighted by molar-refractivity contribution is -0.940. The van der Waals surface area contributed by atoms with Crippen LogP contribution in [0.5, 0.6) is 0 Å². The summed E-state index contributed by atoms with van der Waals surface area (Å²) in [6.07, 6.45) is 1.84. The monoisotopic (exact) mass is 487 g/mol. The second kappa shape index (κ2) is 11.4. The van der Waals surface area contributed by atoms with Crippen molar-refractivity contribution in [2.24, 2.45) is 5.92 Å². The number of halogens is 1. The highest BCUT2D eigenvalue weighted by Crippen LogP contribution is 2.28. The summed E-state index contributed by atoms with van der Waals surface area (Å²) in [5, 5.41) is 6.13. The van der Waals surface area contributed by atoms with Gasteiger partial charge in [0.2, 0.25) is 5.91 Å². The van der Waals surface area contributed by atoms with Crippen molar-refractivity contribution in [3.8, 4) is 0 Å². The minimum atomic E-state index is -0.0459. The molecule has 1 fully saturated rings. The van der Waals surface area contributed by atoms with Crippen molar-refractivity contribution in [1.29, 1.82) is 0 Å². The minimum absolute atomic E-state index is 0. The summed E-state index contributed by atoms with van der Waals surface area (Å²) in [5.41, 5.74) is 4.24. The number of carbonyl (C=O) groups excluding carboxylic acids is 2. The average Bonchev–Trinajstić information content (AvgIpc) is 2.72. The zero-order chi connectivity index (χ0) is 21.6. The number of hydrogen-bond donors (Lipinski definition) is 2. The number of anilines is 1. The first kappa shape index (κ1) is 25.1. The number of nitrogens with zero attached hydrogens (tertiary/aromatic N) is 1. The second-order valence-corrected chi connectivity index (χ2v) is 8.60. The number of aryl methyl sites for hydroxylation is 2. The normalized spacial score (nSPS) is 20.4. The molecule has 0 aromatic heterocycles. The van der Waals surface area contributed by atoms with Gasteiger partial charge >= 0.3 is 0 Å². The van der Waals surface area contributed by atoms with Gasteiger partial charge in [0, 0.05) is 17.8 Å². The van der Waals surface area contributed by atoms with Crippen molar-refractivity contribution in [3.63, 3.8) is 0 Å². The third-order valence-electron chi connectivity index (χ3n) is 6.10. The van der Waals surface area contributed by atoms with E-state index in [1.807, 2.05) is 57.2 Å². The molecule has 2 N–H and O–H groups in total. The molecule has 2 unspecified atom stereocenters. The van der Waals surface area contributed by atoms with Gasteiger partial charge in [-0.25, -0.2) is 0 Å². The molecule has 0 saturated carbocycles. The van der Waals surface area contributed by atoms with Gasteiger partial charge in [0.05, 0.1) is 19.0 Å². The molecule has 6 heteroatoms. The van der Waals surface area contributed by atoms with Crippen molar-refractivity contribution in [3.05, 3.63) is 65.2 Å². The van der Waals surface area contributed by atoms with Crippen LogP contribution < -0.4 is 27.6 Å². The number of rotatable bonds is 7. The van der Waals surface area contributed by atoms with E-state index >= 15 is 0 Å². The van der Waals surface area contributed by atoms with Gasteiger partial charge in [-0.15, -0.1) is 0 Å².